The van der Waals surface area contributed by atoms with Gasteiger partial charge in [-0.25, -0.2) is 0 Å². The van der Waals surface area contributed by atoms with Crippen LogP contribution in [0.1, 0.15) is 11.1 Å². The summed E-state index contributed by atoms with van der Waals surface area (Å²) in [6.07, 6.45) is 1.34. The normalized spacial score (nSPS) is 20.1. The highest BCUT2D eigenvalue weighted by molar-refractivity contribution is 5.80. The number of rotatable bonds is 4. The maximum absolute atomic E-state index is 12.4. The molecule has 4 rings (SSSR count). The van der Waals surface area contributed by atoms with Gasteiger partial charge < -0.3 is 23.7 Å². The second-order valence-electron chi connectivity index (χ2n) is 7.13. The number of hydrogen-bond donors (Lipinski definition) is 0. The number of hydrogen-bond acceptors (Lipinski definition) is 6. The molecular weight excluding hydrogens is 360 g/mol. The standard InChI is InChI=1S/C22H24O6/c1-24-18-7-12-5-14-11-28-22(23)17(14)6-13-8-19(25-2)21(27-4)10-16(13)15(12)9-20(18)26-3/h7-10,14,17H,5-6,11H2,1-4H3/t14-,17+/m0/s1. The molecular formula is C22H24O6. The Morgan fingerprint density at radius 1 is 0.750 bits per heavy atom. The molecule has 2 aromatic rings. The van der Waals surface area contributed by atoms with Gasteiger partial charge in [0.2, 0.25) is 0 Å². The smallest absolute Gasteiger partial charge is 0.309 e. The summed E-state index contributed by atoms with van der Waals surface area (Å²) in [6, 6.07) is 7.93. The lowest BCUT2D eigenvalue weighted by Crippen LogP contribution is -2.23. The molecule has 0 unspecified atom stereocenters. The van der Waals surface area contributed by atoms with Gasteiger partial charge in [0.1, 0.15) is 0 Å². The van der Waals surface area contributed by atoms with Gasteiger partial charge >= 0.3 is 5.97 Å². The highest BCUT2D eigenvalue weighted by atomic mass is 16.5. The van der Waals surface area contributed by atoms with E-state index in [1.54, 1.807) is 28.4 Å². The zero-order valence-electron chi connectivity index (χ0n) is 16.5. The third kappa shape index (κ3) is 2.93. The van der Waals surface area contributed by atoms with Crippen molar-refractivity contribution in [3.63, 3.8) is 0 Å². The molecule has 0 amide bonds. The van der Waals surface area contributed by atoms with Crippen LogP contribution in [0.4, 0.5) is 0 Å². The van der Waals surface area contributed by atoms with Crippen LogP contribution in [-0.2, 0) is 22.4 Å². The van der Waals surface area contributed by atoms with Gasteiger partial charge in [0, 0.05) is 5.92 Å². The lowest BCUT2D eigenvalue weighted by Gasteiger charge is -2.25. The summed E-state index contributed by atoms with van der Waals surface area (Å²) in [7, 11) is 6.48. The van der Waals surface area contributed by atoms with Crippen molar-refractivity contribution in [1.82, 2.24) is 0 Å². The topological polar surface area (TPSA) is 63.2 Å². The van der Waals surface area contributed by atoms with Crippen LogP contribution >= 0.6 is 0 Å². The molecule has 1 aliphatic carbocycles. The van der Waals surface area contributed by atoms with Crippen molar-refractivity contribution in [1.29, 1.82) is 0 Å². The van der Waals surface area contributed by atoms with E-state index in [4.69, 9.17) is 23.7 Å². The van der Waals surface area contributed by atoms with Crippen LogP contribution in [0, 0.1) is 11.8 Å². The van der Waals surface area contributed by atoms with Crippen molar-refractivity contribution in [2.75, 3.05) is 35.0 Å². The average molecular weight is 384 g/mol. The summed E-state index contributed by atoms with van der Waals surface area (Å²) in [5, 5.41) is 0. The van der Waals surface area contributed by atoms with E-state index in [1.807, 2.05) is 24.3 Å². The van der Waals surface area contributed by atoms with Crippen molar-refractivity contribution in [3.8, 4) is 34.1 Å². The second kappa shape index (κ2) is 7.26. The maximum atomic E-state index is 12.4. The molecule has 1 fully saturated rings. The highest BCUT2D eigenvalue weighted by Gasteiger charge is 2.39. The van der Waals surface area contributed by atoms with E-state index in [-0.39, 0.29) is 17.8 Å². The Balaban J connectivity index is 1.97. The Morgan fingerprint density at radius 3 is 1.71 bits per heavy atom. The van der Waals surface area contributed by atoms with Crippen LogP contribution in [0.25, 0.3) is 11.1 Å². The van der Waals surface area contributed by atoms with Crippen LogP contribution in [-0.4, -0.2) is 41.0 Å². The molecule has 0 saturated carbocycles. The van der Waals surface area contributed by atoms with E-state index < -0.39 is 0 Å². The predicted octanol–water partition coefficient (Wildman–Crippen LogP) is 3.28. The molecule has 1 aliphatic heterocycles. The molecule has 0 spiro atoms. The molecule has 0 radical (unpaired) electrons. The number of benzene rings is 2. The van der Waals surface area contributed by atoms with Crippen molar-refractivity contribution < 1.29 is 28.5 Å². The minimum Gasteiger partial charge on any atom is -0.493 e. The summed E-state index contributed by atoms with van der Waals surface area (Å²) >= 11 is 0. The number of ether oxygens (including phenoxy) is 5. The van der Waals surface area contributed by atoms with Crippen LogP contribution in [0.15, 0.2) is 24.3 Å². The molecule has 0 N–H and O–H groups in total. The van der Waals surface area contributed by atoms with Crippen molar-refractivity contribution in [3.05, 3.63) is 35.4 Å². The van der Waals surface area contributed by atoms with Gasteiger partial charge in [-0.05, 0) is 59.4 Å². The largest absolute Gasteiger partial charge is 0.493 e. The van der Waals surface area contributed by atoms with Gasteiger partial charge in [-0.15, -0.1) is 0 Å². The van der Waals surface area contributed by atoms with Gasteiger partial charge in [0.25, 0.3) is 0 Å². The SMILES string of the molecule is COc1cc2c(cc1OC)-c1cc(OC)c(OC)cc1C[C@H]1C(=O)OC[C@@H]1C2. The summed E-state index contributed by atoms with van der Waals surface area (Å²) in [5.41, 5.74) is 4.18. The predicted molar refractivity (Wildman–Crippen MR) is 103 cm³/mol. The van der Waals surface area contributed by atoms with E-state index >= 15 is 0 Å². The number of esters is 1. The third-order valence-corrected chi connectivity index (χ3v) is 5.74. The van der Waals surface area contributed by atoms with Gasteiger partial charge in [-0.2, -0.15) is 0 Å². The average Bonchev–Trinajstić information content (AvgIpc) is 3.04. The molecule has 1 saturated heterocycles. The van der Waals surface area contributed by atoms with Gasteiger partial charge in [0.05, 0.1) is 41.0 Å². The third-order valence-electron chi connectivity index (χ3n) is 5.74. The molecule has 6 nitrogen and oxygen atoms in total. The molecule has 6 heteroatoms. The number of carbonyl (C=O) groups excluding carboxylic acids is 1. The molecule has 2 aliphatic rings. The highest BCUT2D eigenvalue weighted by Crippen LogP contribution is 2.45. The van der Waals surface area contributed by atoms with Crippen LogP contribution in [0.3, 0.4) is 0 Å². The molecule has 1 heterocycles. The Hall–Kier alpha value is -2.89. The van der Waals surface area contributed by atoms with Crippen molar-refractivity contribution in [2.24, 2.45) is 11.8 Å². The monoisotopic (exact) mass is 384 g/mol. The number of cyclic esters (lactones) is 1. The van der Waals surface area contributed by atoms with E-state index in [1.165, 1.54) is 0 Å². The molecule has 0 bridgehead atoms. The lowest BCUT2D eigenvalue weighted by molar-refractivity contribution is -0.141. The first-order chi connectivity index (χ1) is 13.6. The Labute approximate surface area is 164 Å². The van der Waals surface area contributed by atoms with Crippen LogP contribution in [0.2, 0.25) is 0 Å². The quantitative estimate of drug-likeness (QED) is 0.754. The Kier molecular flexibility index (Phi) is 4.79. The van der Waals surface area contributed by atoms with Crippen molar-refractivity contribution in [2.45, 2.75) is 12.8 Å². The number of methoxy groups -OCH3 is 4. The zero-order valence-corrected chi connectivity index (χ0v) is 16.5. The number of carbonyl (C=O) groups is 1. The van der Waals surface area contributed by atoms with E-state index in [9.17, 15) is 4.79 Å². The summed E-state index contributed by atoms with van der Waals surface area (Å²) in [6.45, 7) is 0.444. The van der Waals surface area contributed by atoms with Gasteiger partial charge in [-0.3, -0.25) is 4.79 Å². The van der Waals surface area contributed by atoms with E-state index in [2.05, 4.69) is 0 Å². The van der Waals surface area contributed by atoms with Gasteiger partial charge in [-0.1, -0.05) is 0 Å². The van der Waals surface area contributed by atoms with Crippen LogP contribution in [0.5, 0.6) is 23.0 Å². The van der Waals surface area contributed by atoms with Crippen LogP contribution < -0.4 is 18.9 Å². The fourth-order valence-electron chi connectivity index (χ4n) is 4.26. The summed E-state index contributed by atoms with van der Waals surface area (Å²) in [5.74, 6) is 2.46. The first-order valence-electron chi connectivity index (χ1n) is 9.26. The summed E-state index contributed by atoms with van der Waals surface area (Å²) < 4.78 is 27.5. The molecule has 148 valence electrons. The lowest BCUT2D eigenvalue weighted by atomic mass is 9.78. The Bertz CT molecular complexity index is 920. The minimum atomic E-state index is -0.168. The molecule has 28 heavy (non-hydrogen) atoms. The number of fused-ring (bicyclic) bond motifs is 4. The first kappa shape index (κ1) is 18.5. The molecule has 2 atom stereocenters. The van der Waals surface area contributed by atoms with E-state index in [0.29, 0.717) is 36.0 Å². The fourth-order valence-corrected chi connectivity index (χ4v) is 4.26. The van der Waals surface area contributed by atoms with Gasteiger partial charge in [0.15, 0.2) is 23.0 Å². The molecule has 0 aromatic heterocycles. The summed E-state index contributed by atoms with van der Waals surface area (Å²) in [4.78, 5) is 12.4. The second-order valence-corrected chi connectivity index (χ2v) is 7.13. The van der Waals surface area contributed by atoms with E-state index in [0.717, 1.165) is 28.7 Å². The molecule has 2 aromatic carbocycles. The Morgan fingerprint density at radius 2 is 1.21 bits per heavy atom. The first-order valence-corrected chi connectivity index (χ1v) is 9.26. The van der Waals surface area contributed by atoms with Crippen molar-refractivity contribution >= 4 is 5.97 Å². The zero-order chi connectivity index (χ0) is 19.8. The maximum Gasteiger partial charge on any atom is 0.309 e. The minimum absolute atomic E-state index is 0.130. The fraction of sp³-hybridized carbons (Fsp3) is 0.409.